The second-order valence-electron chi connectivity index (χ2n) is 2.65. The van der Waals surface area contributed by atoms with Crippen LogP contribution in [-0.4, -0.2) is 18.1 Å². The van der Waals surface area contributed by atoms with Crippen LogP contribution in [0, 0.1) is 0 Å². The van der Waals surface area contributed by atoms with Crippen LogP contribution in [0.5, 0.6) is 11.5 Å². The number of hydrogen-bond acceptors (Lipinski definition) is 3. The number of fused-ring (bicyclic) bond motifs is 1. The third kappa shape index (κ3) is 1.07. The fraction of sp³-hybridized carbons (Fsp3) is 0.111. The van der Waals surface area contributed by atoms with Gasteiger partial charge in [0, 0.05) is 11.3 Å². The molecular formula is C9H7NO3. The number of rotatable bonds is 1. The molecule has 0 radical (unpaired) electrons. The Labute approximate surface area is 73.8 Å². The van der Waals surface area contributed by atoms with Crippen molar-refractivity contribution >= 4 is 12.0 Å². The molecule has 1 amide bonds. The number of amides is 1. The minimum atomic E-state index is -0.320. The fourth-order valence-corrected chi connectivity index (χ4v) is 1.28. The lowest BCUT2D eigenvalue weighted by Gasteiger charge is -2.00. The maximum absolute atomic E-state index is 10.9. The number of methoxy groups -OCH3 is 1. The summed E-state index contributed by atoms with van der Waals surface area (Å²) in [6, 6.07) is 3.10. The van der Waals surface area contributed by atoms with Gasteiger partial charge >= 0.3 is 0 Å². The van der Waals surface area contributed by atoms with Crippen LogP contribution in [0.25, 0.3) is 6.08 Å². The van der Waals surface area contributed by atoms with E-state index >= 15 is 0 Å². The SMILES string of the molecule is COc1c(O)ccc2c1=NC(=O)C=2. The third-order valence-electron chi connectivity index (χ3n) is 1.85. The smallest absolute Gasteiger partial charge is 0.271 e. The molecule has 66 valence electrons. The molecule has 0 bridgehead atoms. The Kier molecular flexibility index (Phi) is 1.55. The van der Waals surface area contributed by atoms with Gasteiger partial charge in [0.05, 0.1) is 7.11 Å². The quantitative estimate of drug-likeness (QED) is 0.619. The highest BCUT2D eigenvalue weighted by atomic mass is 16.5. The molecule has 1 heterocycles. The van der Waals surface area contributed by atoms with Crippen LogP contribution in [0.2, 0.25) is 0 Å². The van der Waals surface area contributed by atoms with Crippen molar-refractivity contribution in [1.29, 1.82) is 0 Å². The standard InChI is InChI=1S/C9H7NO3/c1-13-9-6(11)3-2-5-4-7(12)10-8(5)9/h2-4,11H,1H3. The summed E-state index contributed by atoms with van der Waals surface area (Å²) in [6.07, 6.45) is 1.40. The Hall–Kier alpha value is -1.84. The average molecular weight is 177 g/mol. The maximum Gasteiger partial charge on any atom is 0.271 e. The highest BCUT2D eigenvalue weighted by molar-refractivity contribution is 6.06. The van der Waals surface area contributed by atoms with Crippen LogP contribution in [-0.2, 0) is 4.79 Å². The third-order valence-corrected chi connectivity index (χ3v) is 1.85. The summed E-state index contributed by atoms with van der Waals surface area (Å²) in [7, 11) is 1.42. The molecule has 0 aliphatic carbocycles. The van der Waals surface area contributed by atoms with Crippen molar-refractivity contribution in [3.63, 3.8) is 0 Å². The molecule has 1 N–H and O–H groups in total. The van der Waals surface area contributed by atoms with Crippen LogP contribution in [0.1, 0.15) is 0 Å². The fourth-order valence-electron chi connectivity index (χ4n) is 1.28. The van der Waals surface area contributed by atoms with E-state index in [9.17, 15) is 9.90 Å². The molecule has 0 fully saturated rings. The van der Waals surface area contributed by atoms with Crippen molar-refractivity contribution in [3.05, 3.63) is 22.7 Å². The van der Waals surface area contributed by atoms with E-state index < -0.39 is 0 Å². The molecule has 4 heteroatoms. The number of phenols is 1. The molecule has 1 aliphatic rings. The van der Waals surface area contributed by atoms with E-state index in [1.807, 2.05) is 0 Å². The Morgan fingerprint density at radius 3 is 2.92 bits per heavy atom. The second-order valence-corrected chi connectivity index (χ2v) is 2.65. The van der Waals surface area contributed by atoms with Gasteiger partial charge in [-0.3, -0.25) is 4.79 Å². The van der Waals surface area contributed by atoms with Gasteiger partial charge in [-0.25, -0.2) is 4.99 Å². The normalized spacial score (nSPS) is 13.2. The number of carbonyl (C=O) groups excluding carboxylic acids is 1. The van der Waals surface area contributed by atoms with E-state index in [1.54, 1.807) is 6.07 Å². The van der Waals surface area contributed by atoms with Gasteiger partial charge < -0.3 is 9.84 Å². The molecule has 1 aromatic carbocycles. The summed E-state index contributed by atoms with van der Waals surface area (Å²) in [5, 5.41) is 10.4. The number of nitrogens with zero attached hydrogens (tertiary/aromatic N) is 1. The highest BCUT2D eigenvalue weighted by Gasteiger charge is 2.11. The molecule has 0 spiro atoms. The lowest BCUT2D eigenvalue weighted by atomic mass is 10.2. The molecule has 13 heavy (non-hydrogen) atoms. The second kappa shape index (κ2) is 2.58. The summed E-state index contributed by atoms with van der Waals surface area (Å²) in [5.74, 6) is -0.0772. The molecule has 0 atom stereocenters. The van der Waals surface area contributed by atoms with E-state index in [1.165, 1.54) is 19.3 Å². The van der Waals surface area contributed by atoms with Crippen LogP contribution in [0.15, 0.2) is 17.1 Å². The molecule has 0 saturated heterocycles. The van der Waals surface area contributed by atoms with Crippen LogP contribution < -0.4 is 15.3 Å². The number of phenolic OH excluding ortho intramolecular Hbond substituents is 1. The first-order chi connectivity index (χ1) is 6.22. The molecule has 1 aromatic rings. The van der Waals surface area contributed by atoms with E-state index in [4.69, 9.17) is 4.74 Å². The monoisotopic (exact) mass is 177 g/mol. The number of benzene rings is 1. The topological polar surface area (TPSA) is 58.9 Å². The van der Waals surface area contributed by atoms with Gasteiger partial charge in [0.25, 0.3) is 5.91 Å². The Morgan fingerprint density at radius 1 is 1.46 bits per heavy atom. The van der Waals surface area contributed by atoms with Gasteiger partial charge in [0.2, 0.25) is 0 Å². The first-order valence-electron chi connectivity index (χ1n) is 3.73. The minimum Gasteiger partial charge on any atom is -0.504 e. The lowest BCUT2D eigenvalue weighted by Crippen LogP contribution is -2.22. The van der Waals surface area contributed by atoms with Gasteiger partial charge in [-0.05, 0) is 12.1 Å². The van der Waals surface area contributed by atoms with E-state index in [2.05, 4.69) is 4.99 Å². The molecule has 0 aromatic heterocycles. The molecule has 1 aliphatic heterocycles. The minimum absolute atomic E-state index is 0.00639. The number of carbonyl (C=O) groups is 1. The van der Waals surface area contributed by atoms with Gasteiger partial charge in [-0.15, -0.1) is 0 Å². The average Bonchev–Trinajstić information content (AvgIpc) is 2.45. The summed E-state index contributed by atoms with van der Waals surface area (Å²) in [6.45, 7) is 0. The zero-order chi connectivity index (χ0) is 9.42. The van der Waals surface area contributed by atoms with Crippen LogP contribution in [0.3, 0.4) is 0 Å². The van der Waals surface area contributed by atoms with Crippen molar-refractivity contribution in [2.45, 2.75) is 0 Å². The van der Waals surface area contributed by atoms with E-state index in [0.717, 1.165) is 0 Å². The molecule has 4 nitrogen and oxygen atoms in total. The predicted molar refractivity (Wildman–Crippen MR) is 44.9 cm³/mol. The van der Waals surface area contributed by atoms with Crippen LogP contribution in [0.4, 0.5) is 0 Å². The Balaban J connectivity index is 2.88. The molecular weight excluding hydrogens is 170 g/mol. The first-order valence-corrected chi connectivity index (χ1v) is 3.73. The Bertz CT molecular complexity index is 490. The summed E-state index contributed by atoms with van der Waals surface area (Å²) in [4.78, 5) is 14.6. The van der Waals surface area contributed by atoms with Crippen molar-refractivity contribution < 1.29 is 14.6 Å². The van der Waals surface area contributed by atoms with Gasteiger partial charge in [0.1, 0.15) is 5.36 Å². The summed E-state index contributed by atoms with van der Waals surface area (Å²) in [5.41, 5.74) is 0. The van der Waals surface area contributed by atoms with E-state index in [-0.39, 0.29) is 17.4 Å². The molecule has 0 saturated carbocycles. The summed E-state index contributed by atoms with van der Waals surface area (Å²) >= 11 is 0. The first kappa shape index (κ1) is 7.79. The van der Waals surface area contributed by atoms with Crippen molar-refractivity contribution in [2.24, 2.45) is 4.99 Å². The predicted octanol–water partition coefficient (Wildman–Crippen LogP) is -0.659. The van der Waals surface area contributed by atoms with Crippen molar-refractivity contribution in [1.82, 2.24) is 0 Å². The molecule has 0 unspecified atom stereocenters. The van der Waals surface area contributed by atoms with Crippen molar-refractivity contribution in [3.8, 4) is 11.5 Å². The maximum atomic E-state index is 10.9. The number of hydrogen-bond donors (Lipinski definition) is 1. The van der Waals surface area contributed by atoms with Gasteiger partial charge in [0.15, 0.2) is 11.5 Å². The molecule has 2 rings (SSSR count). The zero-order valence-corrected chi connectivity index (χ0v) is 6.94. The van der Waals surface area contributed by atoms with Gasteiger partial charge in [-0.2, -0.15) is 0 Å². The summed E-state index contributed by atoms with van der Waals surface area (Å²) < 4.78 is 4.92. The Morgan fingerprint density at radius 2 is 2.23 bits per heavy atom. The number of aromatic hydroxyl groups is 1. The van der Waals surface area contributed by atoms with Gasteiger partial charge in [-0.1, -0.05) is 0 Å². The largest absolute Gasteiger partial charge is 0.504 e. The van der Waals surface area contributed by atoms with Crippen LogP contribution >= 0.6 is 0 Å². The van der Waals surface area contributed by atoms with E-state index in [0.29, 0.717) is 10.6 Å². The number of ether oxygens (including phenoxy) is 1. The highest BCUT2D eigenvalue weighted by Crippen LogP contribution is 2.18. The zero-order valence-electron chi connectivity index (χ0n) is 6.94. The lowest BCUT2D eigenvalue weighted by molar-refractivity contribution is -0.112. The van der Waals surface area contributed by atoms with Crippen molar-refractivity contribution in [2.75, 3.05) is 7.11 Å².